The summed E-state index contributed by atoms with van der Waals surface area (Å²) in [6.07, 6.45) is -3.46. The molecule has 1 aliphatic rings. The maximum Gasteiger partial charge on any atom is 0.490 e. The smallest absolute Gasteiger partial charge is 0.475 e. The molecule has 1 fully saturated rings. The van der Waals surface area contributed by atoms with Crippen LogP contribution in [0.25, 0.3) is 0 Å². The molecule has 0 radical (unpaired) electrons. The Morgan fingerprint density at radius 2 is 1.82 bits per heavy atom. The van der Waals surface area contributed by atoms with Gasteiger partial charge < -0.3 is 20.6 Å². The molecular formula is C20H22Cl2F3N5O4. The Morgan fingerprint density at radius 1 is 1.21 bits per heavy atom. The third kappa shape index (κ3) is 8.19. The molecule has 186 valence electrons. The first-order valence-corrected chi connectivity index (χ1v) is 10.7. The third-order valence-electron chi connectivity index (χ3n) is 4.72. The van der Waals surface area contributed by atoms with E-state index < -0.39 is 12.1 Å². The van der Waals surface area contributed by atoms with Gasteiger partial charge in [0.05, 0.1) is 11.9 Å². The number of benzene rings is 1. The molecule has 0 spiro atoms. The van der Waals surface area contributed by atoms with Crippen molar-refractivity contribution < 1.29 is 27.9 Å². The van der Waals surface area contributed by atoms with Crippen LogP contribution in [0.5, 0.6) is 0 Å². The lowest BCUT2D eigenvalue weighted by molar-refractivity contribution is -0.192. The van der Waals surface area contributed by atoms with E-state index in [0.717, 1.165) is 47.7 Å². The summed E-state index contributed by atoms with van der Waals surface area (Å²) in [7, 11) is 0. The number of carbonyl (C=O) groups excluding carboxylic acids is 1. The van der Waals surface area contributed by atoms with Crippen LogP contribution in [0.3, 0.4) is 0 Å². The van der Waals surface area contributed by atoms with Crippen LogP contribution in [0.2, 0.25) is 10.0 Å². The molecule has 3 N–H and O–H groups in total. The van der Waals surface area contributed by atoms with Gasteiger partial charge in [-0.05, 0) is 30.2 Å². The molecule has 0 saturated carbocycles. The highest BCUT2D eigenvalue weighted by atomic mass is 35.5. The number of carboxylic acid groups (broad SMARTS) is 1. The van der Waals surface area contributed by atoms with Crippen molar-refractivity contribution in [1.82, 2.24) is 20.4 Å². The maximum atomic E-state index is 12.3. The summed E-state index contributed by atoms with van der Waals surface area (Å²) in [6.45, 7) is 5.38. The number of aromatic nitrogens is 2. The Kier molecular flexibility index (Phi) is 9.71. The molecule has 1 aliphatic heterocycles. The van der Waals surface area contributed by atoms with Crippen LogP contribution in [0.15, 0.2) is 29.2 Å². The number of aliphatic carboxylic acids is 1. The van der Waals surface area contributed by atoms with Gasteiger partial charge in [-0.1, -0.05) is 23.2 Å². The maximum absolute atomic E-state index is 12.3. The van der Waals surface area contributed by atoms with Crippen molar-refractivity contribution >= 4 is 40.8 Å². The predicted octanol–water partition coefficient (Wildman–Crippen LogP) is 2.22. The SMILES string of the molecule is Cc1cc(Cl)cc(Cl)c1CNC(=O)Cn1ncc(N2CCNCC2)cc1=O.O=C(O)C(F)(F)F. The number of halogens is 5. The highest BCUT2D eigenvalue weighted by Crippen LogP contribution is 2.24. The van der Waals surface area contributed by atoms with Crippen molar-refractivity contribution in [2.45, 2.75) is 26.2 Å². The lowest BCUT2D eigenvalue weighted by Crippen LogP contribution is -2.44. The van der Waals surface area contributed by atoms with E-state index in [4.69, 9.17) is 33.1 Å². The van der Waals surface area contributed by atoms with Crippen molar-refractivity contribution in [3.05, 3.63) is 55.9 Å². The molecule has 2 heterocycles. The van der Waals surface area contributed by atoms with E-state index in [-0.39, 0.29) is 24.6 Å². The second-order valence-electron chi connectivity index (χ2n) is 7.21. The van der Waals surface area contributed by atoms with Gasteiger partial charge in [0.25, 0.3) is 5.56 Å². The lowest BCUT2D eigenvalue weighted by atomic mass is 10.1. The fourth-order valence-corrected chi connectivity index (χ4v) is 3.64. The molecule has 0 atom stereocenters. The second-order valence-corrected chi connectivity index (χ2v) is 8.05. The van der Waals surface area contributed by atoms with E-state index in [1.807, 2.05) is 6.92 Å². The monoisotopic (exact) mass is 523 g/mol. The Labute approximate surface area is 202 Å². The van der Waals surface area contributed by atoms with Gasteiger partial charge in [-0.3, -0.25) is 9.59 Å². The van der Waals surface area contributed by atoms with E-state index in [1.165, 1.54) is 6.07 Å². The summed E-state index contributed by atoms with van der Waals surface area (Å²) < 4.78 is 32.9. The molecule has 1 amide bonds. The molecule has 1 aromatic heterocycles. The number of piperazine rings is 1. The van der Waals surface area contributed by atoms with E-state index >= 15 is 0 Å². The number of amides is 1. The van der Waals surface area contributed by atoms with Crippen LogP contribution >= 0.6 is 23.2 Å². The van der Waals surface area contributed by atoms with Crippen LogP contribution in [-0.4, -0.2) is 59.1 Å². The Morgan fingerprint density at radius 3 is 2.35 bits per heavy atom. The molecule has 3 rings (SSSR count). The summed E-state index contributed by atoms with van der Waals surface area (Å²) in [5.41, 5.74) is 2.16. The average molecular weight is 524 g/mol. The first-order valence-electron chi connectivity index (χ1n) is 9.92. The number of rotatable bonds is 5. The number of hydrogen-bond acceptors (Lipinski definition) is 6. The molecule has 2 aromatic rings. The van der Waals surface area contributed by atoms with Crippen LogP contribution in [0, 0.1) is 6.92 Å². The number of anilines is 1. The second kappa shape index (κ2) is 12.0. The normalized spacial score (nSPS) is 13.6. The van der Waals surface area contributed by atoms with Crippen molar-refractivity contribution in [2.75, 3.05) is 31.1 Å². The number of hydrogen-bond donors (Lipinski definition) is 3. The molecule has 0 aliphatic carbocycles. The van der Waals surface area contributed by atoms with E-state index in [9.17, 15) is 22.8 Å². The zero-order valence-corrected chi connectivity index (χ0v) is 19.5. The van der Waals surface area contributed by atoms with E-state index in [0.29, 0.717) is 10.0 Å². The molecule has 0 bridgehead atoms. The van der Waals surface area contributed by atoms with Gasteiger partial charge in [-0.25, -0.2) is 9.48 Å². The molecule has 34 heavy (non-hydrogen) atoms. The predicted molar refractivity (Wildman–Crippen MR) is 120 cm³/mol. The van der Waals surface area contributed by atoms with Crippen molar-refractivity contribution in [3.63, 3.8) is 0 Å². The molecule has 1 saturated heterocycles. The van der Waals surface area contributed by atoms with Crippen molar-refractivity contribution in [1.29, 1.82) is 0 Å². The van der Waals surface area contributed by atoms with Crippen LogP contribution in [0.1, 0.15) is 11.1 Å². The zero-order chi connectivity index (χ0) is 25.5. The van der Waals surface area contributed by atoms with Gasteiger partial charge in [0.15, 0.2) is 0 Å². The fourth-order valence-electron chi connectivity index (χ4n) is 2.97. The highest BCUT2D eigenvalue weighted by Gasteiger charge is 2.38. The van der Waals surface area contributed by atoms with Crippen LogP contribution in [-0.2, 0) is 22.7 Å². The average Bonchev–Trinajstić information content (AvgIpc) is 2.75. The third-order valence-corrected chi connectivity index (χ3v) is 5.27. The quantitative estimate of drug-likeness (QED) is 0.550. The molecule has 0 unspecified atom stereocenters. The van der Waals surface area contributed by atoms with Gasteiger partial charge in [-0.2, -0.15) is 18.3 Å². The van der Waals surface area contributed by atoms with Gasteiger partial charge >= 0.3 is 12.1 Å². The number of carbonyl (C=O) groups is 2. The summed E-state index contributed by atoms with van der Waals surface area (Å²) in [4.78, 5) is 35.5. The minimum atomic E-state index is -5.08. The minimum Gasteiger partial charge on any atom is -0.475 e. The standard InChI is InChI=1S/C18H21Cl2N5O2.C2HF3O2/c1-12-6-13(19)7-16(20)15(12)10-22-17(26)11-25-18(27)8-14(9-23-25)24-4-2-21-3-5-24;3-2(4,5)1(6)7/h6-9,21H,2-5,10-11H2,1H3,(H,22,26);(H,6,7). The zero-order valence-electron chi connectivity index (χ0n) is 18.0. The van der Waals surface area contributed by atoms with Gasteiger partial charge in [0.2, 0.25) is 5.91 Å². The molecular weight excluding hydrogens is 502 g/mol. The summed E-state index contributed by atoms with van der Waals surface area (Å²) in [5.74, 6) is -3.07. The van der Waals surface area contributed by atoms with Gasteiger partial charge in [0.1, 0.15) is 6.54 Å². The number of nitrogens with one attached hydrogen (secondary N) is 2. The largest absolute Gasteiger partial charge is 0.490 e. The Hall–Kier alpha value is -2.83. The van der Waals surface area contributed by atoms with Gasteiger partial charge in [-0.15, -0.1) is 0 Å². The topological polar surface area (TPSA) is 117 Å². The molecule has 1 aromatic carbocycles. The summed E-state index contributed by atoms with van der Waals surface area (Å²) >= 11 is 12.1. The summed E-state index contributed by atoms with van der Waals surface area (Å²) in [5, 5.41) is 18.3. The molecule has 9 nitrogen and oxygen atoms in total. The van der Waals surface area contributed by atoms with Crippen LogP contribution in [0.4, 0.5) is 18.9 Å². The van der Waals surface area contributed by atoms with E-state index in [2.05, 4.69) is 20.6 Å². The number of alkyl halides is 3. The fraction of sp³-hybridized carbons (Fsp3) is 0.400. The Bertz CT molecular complexity index is 1070. The summed E-state index contributed by atoms with van der Waals surface area (Å²) in [6, 6.07) is 4.94. The van der Waals surface area contributed by atoms with Gasteiger partial charge in [0, 0.05) is 48.8 Å². The highest BCUT2D eigenvalue weighted by molar-refractivity contribution is 6.35. The first-order chi connectivity index (χ1) is 15.9. The van der Waals surface area contributed by atoms with E-state index in [1.54, 1.807) is 18.3 Å². The number of aryl methyl sites for hydroxylation is 1. The lowest BCUT2D eigenvalue weighted by Gasteiger charge is -2.28. The number of nitrogens with zero attached hydrogens (tertiary/aromatic N) is 3. The Balaban J connectivity index is 0.000000509. The van der Waals surface area contributed by atoms with Crippen molar-refractivity contribution in [3.8, 4) is 0 Å². The number of carboxylic acids is 1. The van der Waals surface area contributed by atoms with Crippen molar-refractivity contribution in [2.24, 2.45) is 0 Å². The minimum absolute atomic E-state index is 0.148. The van der Waals surface area contributed by atoms with Crippen LogP contribution < -0.4 is 21.1 Å². The first kappa shape index (κ1) is 27.4. The molecule has 14 heteroatoms.